The van der Waals surface area contributed by atoms with Crippen LogP contribution in [-0.2, 0) is 14.1 Å². The molecular formula is C15H18N4O2. The maximum atomic E-state index is 12.4. The van der Waals surface area contributed by atoms with Crippen LogP contribution in [0.3, 0.4) is 0 Å². The third-order valence-electron chi connectivity index (χ3n) is 4.09. The smallest absolute Gasteiger partial charge is 0.332 e. The molecule has 1 aromatic carbocycles. The Kier molecular flexibility index (Phi) is 3.08. The summed E-state index contributed by atoms with van der Waals surface area (Å²) in [5.74, 6) is 0.589. The summed E-state index contributed by atoms with van der Waals surface area (Å²) in [7, 11) is 3.18. The van der Waals surface area contributed by atoms with Gasteiger partial charge in [0.15, 0.2) is 0 Å². The van der Waals surface area contributed by atoms with Crippen LogP contribution in [0.1, 0.15) is 18.5 Å². The van der Waals surface area contributed by atoms with Gasteiger partial charge in [0.2, 0.25) is 0 Å². The molecule has 0 amide bonds. The standard InChI is InChI=1S/C15H18N4O2/c1-10(11-7-5-4-6-8-11)19-9-16-13-12(19)14(20)18(3)15(21)17(13)2/h4-8,10,16H,9H2,1-3H3. The predicted molar refractivity (Wildman–Crippen MR) is 82.7 cm³/mol. The summed E-state index contributed by atoms with van der Waals surface area (Å²) in [5.41, 5.74) is 1.10. The van der Waals surface area contributed by atoms with Crippen LogP contribution in [0.25, 0.3) is 0 Å². The Morgan fingerprint density at radius 2 is 1.76 bits per heavy atom. The van der Waals surface area contributed by atoms with E-state index in [2.05, 4.69) is 12.2 Å². The molecule has 0 radical (unpaired) electrons. The molecule has 6 heteroatoms. The molecule has 0 fully saturated rings. The molecule has 1 atom stereocenters. The minimum absolute atomic E-state index is 0.0464. The Balaban J connectivity index is 2.13. The van der Waals surface area contributed by atoms with Gasteiger partial charge in [0.05, 0.1) is 12.7 Å². The van der Waals surface area contributed by atoms with Gasteiger partial charge < -0.3 is 10.2 Å². The molecule has 3 rings (SSSR count). The van der Waals surface area contributed by atoms with Gasteiger partial charge in [0.1, 0.15) is 11.5 Å². The van der Waals surface area contributed by atoms with E-state index in [4.69, 9.17) is 0 Å². The molecule has 110 valence electrons. The molecule has 1 aromatic heterocycles. The Labute approximate surface area is 122 Å². The van der Waals surface area contributed by atoms with Crippen molar-refractivity contribution >= 4 is 11.5 Å². The van der Waals surface area contributed by atoms with E-state index in [1.165, 1.54) is 11.6 Å². The van der Waals surface area contributed by atoms with Crippen molar-refractivity contribution in [3.63, 3.8) is 0 Å². The first kappa shape index (κ1) is 13.5. The van der Waals surface area contributed by atoms with Crippen molar-refractivity contribution in [3.8, 4) is 0 Å². The number of nitrogens with zero attached hydrogens (tertiary/aromatic N) is 3. The summed E-state index contributed by atoms with van der Waals surface area (Å²) in [5, 5.41) is 3.15. The van der Waals surface area contributed by atoms with Gasteiger partial charge in [-0.25, -0.2) is 4.79 Å². The highest BCUT2D eigenvalue weighted by Crippen LogP contribution is 2.32. The molecule has 0 saturated carbocycles. The summed E-state index contributed by atoms with van der Waals surface area (Å²) >= 11 is 0. The topological polar surface area (TPSA) is 59.3 Å². The summed E-state index contributed by atoms with van der Waals surface area (Å²) in [6.07, 6.45) is 0. The molecular weight excluding hydrogens is 268 g/mol. The van der Waals surface area contributed by atoms with Gasteiger partial charge in [-0.2, -0.15) is 0 Å². The number of rotatable bonds is 2. The predicted octanol–water partition coefficient (Wildman–Crippen LogP) is 1.03. The van der Waals surface area contributed by atoms with Crippen molar-refractivity contribution in [1.82, 2.24) is 9.13 Å². The Hall–Kier alpha value is -2.50. The van der Waals surface area contributed by atoms with E-state index in [9.17, 15) is 9.59 Å². The highest BCUT2D eigenvalue weighted by Gasteiger charge is 2.30. The Morgan fingerprint density at radius 3 is 2.43 bits per heavy atom. The summed E-state index contributed by atoms with van der Waals surface area (Å²) in [6.45, 7) is 2.56. The van der Waals surface area contributed by atoms with Crippen molar-refractivity contribution in [2.75, 3.05) is 16.9 Å². The quantitative estimate of drug-likeness (QED) is 0.896. The molecule has 1 aliphatic heterocycles. The molecule has 0 spiro atoms. The van der Waals surface area contributed by atoms with Crippen LogP contribution in [0.15, 0.2) is 39.9 Å². The van der Waals surface area contributed by atoms with Crippen molar-refractivity contribution in [2.24, 2.45) is 14.1 Å². The van der Waals surface area contributed by atoms with Gasteiger partial charge in [-0.15, -0.1) is 0 Å². The van der Waals surface area contributed by atoms with Crippen molar-refractivity contribution in [2.45, 2.75) is 13.0 Å². The number of hydrogen-bond acceptors (Lipinski definition) is 4. The second-order valence-electron chi connectivity index (χ2n) is 5.29. The summed E-state index contributed by atoms with van der Waals surface area (Å²) < 4.78 is 2.63. The lowest BCUT2D eigenvalue weighted by atomic mass is 10.1. The number of aromatic nitrogens is 2. The molecule has 1 unspecified atom stereocenters. The van der Waals surface area contributed by atoms with Crippen LogP contribution in [0.5, 0.6) is 0 Å². The minimum atomic E-state index is -0.319. The molecule has 2 heterocycles. The lowest BCUT2D eigenvalue weighted by molar-refractivity contribution is 0.677. The fourth-order valence-electron chi connectivity index (χ4n) is 2.77. The van der Waals surface area contributed by atoms with Crippen LogP contribution in [0, 0.1) is 0 Å². The maximum absolute atomic E-state index is 12.4. The summed E-state index contributed by atoms with van der Waals surface area (Å²) in [4.78, 5) is 26.4. The third-order valence-corrected chi connectivity index (χ3v) is 4.09. The van der Waals surface area contributed by atoms with E-state index in [0.29, 0.717) is 18.2 Å². The molecule has 0 aliphatic carbocycles. The van der Waals surface area contributed by atoms with Gasteiger partial charge in [-0.3, -0.25) is 13.9 Å². The van der Waals surface area contributed by atoms with Crippen LogP contribution < -0.4 is 21.5 Å². The van der Waals surface area contributed by atoms with Crippen LogP contribution >= 0.6 is 0 Å². The zero-order valence-corrected chi connectivity index (χ0v) is 12.3. The van der Waals surface area contributed by atoms with Crippen molar-refractivity contribution in [3.05, 3.63) is 56.7 Å². The van der Waals surface area contributed by atoms with E-state index < -0.39 is 0 Å². The van der Waals surface area contributed by atoms with Gasteiger partial charge in [-0.05, 0) is 12.5 Å². The van der Waals surface area contributed by atoms with E-state index in [1.54, 1.807) is 7.05 Å². The average molecular weight is 286 g/mol. The van der Waals surface area contributed by atoms with Crippen LogP contribution in [0.2, 0.25) is 0 Å². The monoisotopic (exact) mass is 286 g/mol. The van der Waals surface area contributed by atoms with Crippen molar-refractivity contribution in [1.29, 1.82) is 0 Å². The highest BCUT2D eigenvalue weighted by molar-refractivity contribution is 5.71. The first-order valence-corrected chi connectivity index (χ1v) is 6.88. The molecule has 1 N–H and O–H groups in total. The zero-order valence-electron chi connectivity index (χ0n) is 12.3. The van der Waals surface area contributed by atoms with E-state index in [1.807, 2.05) is 35.2 Å². The van der Waals surface area contributed by atoms with Gasteiger partial charge in [0, 0.05) is 14.1 Å². The third kappa shape index (κ3) is 1.94. The normalized spacial score (nSPS) is 14.7. The van der Waals surface area contributed by atoms with Gasteiger partial charge in [0.25, 0.3) is 5.56 Å². The van der Waals surface area contributed by atoms with Gasteiger partial charge in [-0.1, -0.05) is 30.3 Å². The molecule has 21 heavy (non-hydrogen) atoms. The minimum Gasteiger partial charge on any atom is -0.352 e. The average Bonchev–Trinajstić information content (AvgIpc) is 2.96. The molecule has 6 nitrogen and oxygen atoms in total. The van der Waals surface area contributed by atoms with E-state index in [-0.39, 0.29) is 17.3 Å². The lowest BCUT2D eigenvalue weighted by Gasteiger charge is -2.26. The SMILES string of the molecule is CC(c1ccccc1)N1CNc2c1c(=O)n(C)c(=O)n2C. The largest absolute Gasteiger partial charge is 0.352 e. The lowest BCUT2D eigenvalue weighted by Crippen LogP contribution is -2.39. The Morgan fingerprint density at radius 1 is 1.10 bits per heavy atom. The molecule has 0 saturated heterocycles. The van der Waals surface area contributed by atoms with Gasteiger partial charge >= 0.3 is 5.69 Å². The van der Waals surface area contributed by atoms with Crippen LogP contribution in [-0.4, -0.2) is 15.8 Å². The molecule has 2 aromatic rings. The zero-order chi connectivity index (χ0) is 15.1. The Bertz CT molecular complexity index is 792. The number of hydrogen-bond donors (Lipinski definition) is 1. The first-order chi connectivity index (χ1) is 10.0. The number of nitrogens with one attached hydrogen (secondary N) is 1. The number of anilines is 2. The number of benzene rings is 1. The second-order valence-corrected chi connectivity index (χ2v) is 5.29. The summed E-state index contributed by atoms with van der Waals surface area (Å²) in [6, 6.07) is 10.0. The van der Waals surface area contributed by atoms with Crippen LogP contribution in [0.4, 0.5) is 11.5 Å². The first-order valence-electron chi connectivity index (χ1n) is 6.88. The highest BCUT2D eigenvalue weighted by atomic mass is 16.2. The fourth-order valence-corrected chi connectivity index (χ4v) is 2.77. The number of fused-ring (bicyclic) bond motifs is 1. The van der Waals surface area contributed by atoms with E-state index in [0.717, 1.165) is 10.1 Å². The van der Waals surface area contributed by atoms with Crippen molar-refractivity contribution < 1.29 is 0 Å². The molecule has 0 bridgehead atoms. The molecule has 1 aliphatic rings. The maximum Gasteiger partial charge on any atom is 0.332 e. The fraction of sp³-hybridized carbons (Fsp3) is 0.333. The van der Waals surface area contributed by atoms with E-state index >= 15 is 0 Å². The second kappa shape index (κ2) is 4.80.